The first-order valence-electron chi connectivity index (χ1n) is 7.93. The summed E-state index contributed by atoms with van der Waals surface area (Å²) in [4.78, 5) is 4.93. The Hall–Kier alpha value is -1.10. The van der Waals surface area contributed by atoms with Crippen molar-refractivity contribution in [2.24, 2.45) is 0 Å². The van der Waals surface area contributed by atoms with Gasteiger partial charge in [0, 0.05) is 38.8 Å². The van der Waals surface area contributed by atoms with E-state index in [-0.39, 0.29) is 6.10 Å². The Morgan fingerprint density at radius 3 is 2.24 bits per heavy atom. The Balaban J connectivity index is 1.93. The molecule has 1 unspecified atom stereocenters. The van der Waals surface area contributed by atoms with Crippen LogP contribution in [-0.4, -0.2) is 62.7 Å². The molecule has 1 aromatic rings. The van der Waals surface area contributed by atoms with Crippen LogP contribution in [0.2, 0.25) is 0 Å². The molecule has 0 spiro atoms. The molecular formula is C17H29N3O. The molecule has 0 bridgehead atoms. The van der Waals surface area contributed by atoms with Gasteiger partial charge in [0.05, 0.1) is 6.10 Å². The van der Waals surface area contributed by atoms with Crippen LogP contribution >= 0.6 is 0 Å². The lowest BCUT2D eigenvalue weighted by atomic mass is 10.1. The molecule has 1 atom stereocenters. The van der Waals surface area contributed by atoms with Gasteiger partial charge in [0.25, 0.3) is 0 Å². The summed E-state index contributed by atoms with van der Waals surface area (Å²) >= 11 is 0. The highest BCUT2D eigenvalue weighted by Gasteiger charge is 2.18. The number of rotatable bonds is 6. The highest BCUT2D eigenvalue weighted by Crippen LogP contribution is 2.20. The summed E-state index contributed by atoms with van der Waals surface area (Å²) in [5.74, 6) is 0.947. The van der Waals surface area contributed by atoms with Crippen LogP contribution in [0.25, 0.3) is 0 Å². The van der Waals surface area contributed by atoms with E-state index < -0.39 is 0 Å². The zero-order valence-electron chi connectivity index (χ0n) is 13.8. The fraction of sp³-hybridized carbons (Fsp3) is 0.647. The second-order valence-electron chi connectivity index (χ2n) is 6.18. The maximum absolute atomic E-state index is 5.71. The summed E-state index contributed by atoms with van der Waals surface area (Å²) in [5.41, 5.74) is 1.33. The standard InChI is InChI=1S/C17H29N3O/c1-14(2)21-16-7-5-15(6-8-16)17(18-3)13-20-11-9-19(4)10-12-20/h5-8,14,17-18H,9-13H2,1-4H3. The van der Waals surface area contributed by atoms with E-state index in [9.17, 15) is 0 Å². The largest absolute Gasteiger partial charge is 0.491 e. The maximum Gasteiger partial charge on any atom is 0.119 e. The molecule has 1 aliphatic heterocycles. The fourth-order valence-electron chi connectivity index (χ4n) is 2.70. The van der Waals surface area contributed by atoms with Crippen LogP contribution in [0, 0.1) is 0 Å². The van der Waals surface area contributed by atoms with Crippen LogP contribution in [0.15, 0.2) is 24.3 Å². The van der Waals surface area contributed by atoms with Gasteiger partial charge in [-0.3, -0.25) is 4.90 Å². The van der Waals surface area contributed by atoms with Crippen molar-refractivity contribution in [1.82, 2.24) is 15.1 Å². The summed E-state index contributed by atoms with van der Waals surface area (Å²) in [6, 6.07) is 8.87. The van der Waals surface area contributed by atoms with Crippen molar-refractivity contribution in [1.29, 1.82) is 0 Å². The first-order chi connectivity index (χ1) is 10.1. The van der Waals surface area contributed by atoms with Crippen molar-refractivity contribution in [3.05, 3.63) is 29.8 Å². The van der Waals surface area contributed by atoms with Crippen LogP contribution in [0.1, 0.15) is 25.5 Å². The highest BCUT2D eigenvalue weighted by molar-refractivity contribution is 5.29. The number of nitrogens with one attached hydrogen (secondary N) is 1. The van der Waals surface area contributed by atoms with E-state index >= 15 is 0 Å². The number of piperazine rings is 1. The lowest BCUT2D eigenvalue weighted by Gasteiger charge is -2.34. The van der Waals surface area contributed by atoms with Crippen molar-refractivity contribution in [2.45, 2.75) is 26.0 Å². The maximum atomic E-state index is 5.71. The van der Waals surface area contributed by atoms with Gasteiger partial charge in [-0.2, -0.15) is 0 Å². The average molecular weight is 291 g/mol. The quantitative estimate of drug-likeness (QED) is 0.867. The predicted octanol–water partition coefficient (Wildman–Crippen LogP) is 1.98. The van der Waals surface area contributed by atoms with Gasteiger partial charge in [-0.15, -0.1) is 0 Å². The Morgan fingerprint density at radius 2 is 1.71 bits per heavy atom. The molecule has 0 amide bonds. The third kappa shape index (κ3) is 4.99. The second-order valence-corrected chi connectivity index (χ2v) is 6.18. The minimum Gasteiger partial charge on any atom is -0.491 e. The molecule has 1 fully saturated rings. The molecule has 0 saturated carbocycles. The third-order valence-electron chi connectivity index (χ3n) is 4.04. The van der Waals surface area contributed by atoms with Gasteiger partial charge >= 0.3 is 0 Å². The number of likely N-dealkylation sites (N-methyl/N-ethyl adjacent to an activating group) is 2. The zero-order chi connectivity index (χ0) is 15.2. The molecule has 4 heteroatoms. The van der Waals surface area contributed by atoms with Gasteiger partial charge in [-0.1, -0.05) is 12.1 Å². The van der Waals surface area contributed by atoms with Crippen molar-refractivity contribution in [3.63, 3.8) is 0 Å². The Kier molecular flexibility index (Phi) is 6.03. The fourth-order valence-corrected chi connectivity index (χ4v) is 2.70. The van der Waals surface area contributed by atoms with Crippen LogP contribution in [0.3, 0.4) is 0 Å². The minimum absolute atomic E-state index is 0.223. The number of hydrogen-bond acceptors (Lipinski definition) is 4. The highest BCUT2D eigenvalue weighted by atomic mass is 16.5. The van der Waals surface area contributed by atoms with E-state index in [4.69, 9.17) is 4.74 Å². The lowest BCUT2D eigenvalue weighted by molar-refractivity contribution is 0.143. The molecule has 0 aromatic heterocycles. The van der Waals surface area contributed by atoms with Crippen LogP contribution < -0.4 is 10.1 Å². The summed E-state index contributed by atoms with van der Waals surface area (Å²) in [7, 11) is 4.24. The topological polar surface area (TPSA) is 27.7 Å². The predicted molar refractivity (Wildman–Crippen MR) is 87.9 cm³/mol. The molecule has 4 nitrogen and oxygen atoms in total. The van der Waals surface area contributed by atoms with Crippen molar-refractivity contribution in [3.8, 4) is 5.75 Å². The lowest BCUT2D eigenvalue weighted by Crippen LogP contribution is -2.47. The van der Waals surface area contributed by atoms with Crippen LogP contribution in [0.5, 0.6) is 5.75 Å². The summed E-state index contributed by atoms with van der Waals surface area (Å²) in [5, 5.41) is 3.44. The van der Waals surface area contributed by atoms with E-state index in [0.29, 0.717) is 6.04 Å². The first-order valence-corrected chi connectivity index (χ1v) is 7.93. The van der Waals surface area contributed by atoms with Gasteiger partial charge in [-0.25, -0.2) is 0 Å². The average Bonchev–Trinajstić information content (AvgIpc) is 2.47. The van der Waals surface area contributed by atoms with E-state index in [2.05, 4.69) is 60.3 Å². The minimum atomic E-state index is 0.223. The molecule has 1 N–H and O–H groups in total. The summed E-state index contributed by atoms with van der Waals surface area (Å²) in [6.07, 6.45) is 0.223. The van der Waals surface area contributed by atoms with Crippen LogP contribution in [0.4, 0.5) is 0 Å². The molecule has 1 saturated heterocycles. The molecule has 1 aromatic carbocycles. The van der Waals surface area contributed by atoms with Gasteiger partial charge in [0.2, 0.25) is 0 Å². The van der Waals surface area contributed by atoms with Gasteiger partial charge < -0.3 is 15.0 Å². The zero-order valence-corrected chi connectivity index (χ0v) is 13.8. The molecule has 1 aliphatic rings. The Labute approximate surface area is 129 Å². The molecular weight excluding hydrogens is 262 g/mol. The molecule has 21 heavy (non-hydrogen) atoms. The normalized spacial score (nSPS) is 18.9. The summed E-state index contributed by atoms with van der Waals surface area (Å²) < 4.78 is 5.71. The first kappa shape index (κ1) is 16.3. The van der Waals surface area contributed by atoms with Crippen molar-refractivity contribution >= 4 is 0 Å². The SMILES string of the molecule is CNC(CN1CCN(C)CC1)c1ccc(OC(C)C)cc1. The van der Waals surface area contributed by atoms with Crippen LogP contribution in [-0.2, 0) is 0 Å². The van der Waals surface area contributed by atoms with E-state index in [1.807, 2.05) is 7.05 Å². The second kappa shape index (κ2) is 7.78. The van der Waals surface area contributed by atoms with Crippen molar-refractivity contribution < 1.29 is 4.74 Å². The molecule has 2 rings (SSSR count). The summed E-state index contributed by atoms with van der Waals surface area (Å²) in [6.45, 7) is 9.81. The molecule has 0 aliphatic carbocycles. The number of nitrogens with zero attached hydrogens (tertiary/aromatic N) is 2. The molecule has 1 heterocycles. The number of benzene rings is 1. The smallest absolute Gasteiger partial charge is 0.119 e. The monoisotopic (exact) mass is 291 g/mol. The van der Waals surface area contributed by atoms with E-state index in [1.165, 1.54) is 5.56 Å². The molecule has 118 valence electrons. The van der Waals surface area contributed by atoms with E-state index in [0.717, 1.165) is 38.5 Å². The third-order valence-corrected chi connectivity index (χ3v) is 4.04. The van der Waals surface area contributed by atoms with Gasteiger partial charge in [0.1, 0.15) is 5.75 Å². The van der Waals surface area contributed by atoms with Crippen molar-refractivity contribution in [2.75, 3.05) is 46.8 Å². The number of ether oxygens (including phenoxy) is 1. The number of hydrogen-bond donors (Lipinski definition) is 1. The Morgan fingerprint density at radius 1 is 1.10 bits per heavy atom. The Bertz CT molecular complexity index is 411. The van der Waals surface area contributed by atoms with Gasteiger partial charge in [0.15, 0.2) is 0 Å². The molecule has 0 radical (unpaired) electrons. The van der Waals surface area contributed by atoms with Gasteiger partial charge in [-0.05, 0) is 45.6 Å². The van der Waals surface area contributed by atoms with E-state index in [1.54, 1.807) is 0 Å².